The molecule has 0 heterocycles. The van der Waals surface area contributed by atoms with Crippen LogP contribution in [0.4, 0.5) is 0 Å². The first-order valence-electron chi connectivity index (χ1n) is 3.40. The van der Waals surface area contributed by atoms with E-state index in [2.05, 4.69) is 6.92 Å². The van der Waals surface area contributed by atoms with E-state index in [1.807, 2.05) is 6.61 Å². The highest BCUT2D eigenvalue weighted by Gasteiger charge is 2.16. The van der Waals surface area contributed by atoms with E-state index in [0.29, 0.717) is 6.10 Å². The van der Waals surface area contributed by atoms with Gasteiger partial charge in [-0.25, -0.2) is 0 Å². The van der Waals surface area contributed by atoms with Crippen LogP contribution in [0.25, 0.3) is 0 Å². The van der Waals surface area contributed by atoms with Gasteiger partial charge in [0.25, 0.3) is 0 Å². The number of hydrogen-bond acceptors (Lipinski definition) is 1. The molecule has 47 valence electrons. The number of rotatable bonds is 3. The van der Waals surface area contributed by atoms with Crippen LogP contribution in [0.3, 0.4) is 0 Å². The first kappa shape index (κ1) is 6.09. The zero-order chi connectivity index (χ0) is 5.82. The van der Waals surface area contributed by atoms with Crippen molar-refractivity contribution in [1.29, 1.82) is 0 Å². The first-order chi connectivity index (χ1) is 3.93. The van der Waals surface area contributed by atoms with Crippen molar-refractivity contribution in [3.63, 3.8) is 0 Å². The minimum atomic E-state index is 0.579. The van der Waals surface area contributed by atoms with Crippen LogP contribution in [0.1, 0.15) is 32.6 Å². The van der Waals surface area contributed by atoms with Crippen LogP contribution in [0.2, 0.25) is 0 Å². The fourth-order valence-electron chi connectivity index (χ4n) is 0.739. The van der Waals surface area contributed by atoms with Gasteiger partial charge >= 0.3 is 0 Å². The van der Waals surface area contributed by atoms with Crippen molar-refractivity contribution in [2.24, 2.45) is 0 Å². The molecule has 8 heavy (non-hydrogen) atoms. The van der Waals surface area contributed by atoms with E-state index in [1.165, 1.54) is 19.3 Å². The Bertz CT molecular complexity index is 57.4. The van der Waals surface area contributed by atoms with Crippen molar-refractivity contribution in [3.05, 3.63) is 6.61 Å². The van der Waals surface area contributed by atoms with Crippen LogP contribution in [0.5, 0.6) is 0 Å². The molecule has 1 radical (unpaired) electrons. The third kappa shape index (κ3) is 1.48. The summed E-state index contributed by atoms with van der Waals surface area (Å²) in [6.07, 6.45) is 5.53. The van der Waals surface area contributed by atoms with E-state index in [1.54, 1.807) is 0 Å². The quantitative estimate of drug-likeness (QED) is 0.544. The number of hydrogen-bond donors (Lipinski definition) is 0. The zero-order valence-electron chi connectivity index (χ0n) is 5.39. The predicted octanol–water partition coefficient (Wildman–Crippen LogP) is 2.13. The van der Waals surface area contributed by atoms with Crippen molar-refractivity contribution in [2.45, 2.75) is 38.7 Å². The largest absolute Gasteiger partial charge is 0.372 e. The minimum Gasteiger partial charge on any atom is -0.372 e. The summed E-state index contributed by atoms with van der Waals surface area (Å²) in [6.45, 7) is 4.00. The van der Waals surface area contributed by atoms with Crippen LogP contribution < -0.4 is 0 Å². The molecule has 0 bridgehead atoms. The van der Waals surface area contributed by atoms with Gasteiger partial charge in [-0.05, 0) is 25.7 Å². The van der Waals surface area contributed by atoms with E-state index < -0.39 is 0 Å². The monoisotopic (exact) mass is 113 g/mol. The third-order valence-electron chi connectivity index (χ3n) is 1.51. The Morgan fingerprint density at radius 3 is 2.75 bits per heavy atom. The summed E-state index contributed by atoms with van der Waals surface area (Å²) in [5, 5.41) is 0. The highest BCUT2D eigenvalue weighted by Crippen LogP contribution is 2.22. The predicted molar refractivity (Wildman–Crippen MR) is 33.3 cm³/mol. The first-order valence-corrected chi connectivity index (χ1v) is 3.40. The van der Waals surface area contributed by atoms with E-state index in [-0.39, 0.29) is 0 Å². The van der Waals surface area contributed by atoms with Gasteiger partial charge in [0.15, 0.2) is 0 Å². The Labute approximate surface area is 51.0 Å². The molecule has 0 spiro atoms. The van der Waals surface area contributed by atoms with Gasteiger partial charge in [-0.15, -0.1) is 0 Å². The highest BCUT2D eigenvalue weighted by molar-refractivity contribution is 4.70. The molecule has 0 amide bonds. The Balaban J connectivity index is 1.86. The second kappa shape index (κ2) is 3.08. The zero-order valence-corrected chi connectivity index (χ0v) is 5.39. The maximum absolute atomic E-state index is 5.30. The Morgan fingerprint density at radius 2 is 2.38 bits per heavy atom. The van der Waals surface area contributed by atoms with E-state index in [9.17, 15) is 0 Å². The van der Waals surface area contributed by atoms with Crippen LogP contribution in [-0.2, 0) is 4.74 Å². The molecule has 1 saturated carbocycles. The average Bonchev–Trinajstić information content (AvgIpc) is 1.63. The molecule has 0 aromatic heterocycles. The lowest BCUT2D eigenvalue weighted by Gasteiger charge is -2.24. The second-order valence-corrected chi connectivity index (χ2v) is 2.26. The number of ether oxygens (including phenoxy) is 1. The summed E-state index contributed by atoms with van der Waals surface area (Å²) in [6, 6.07) is 0. The lowest BCUT2D eigenvalue weighted by molar-refractivity contribution is 0.0415. The molecule has 0 atom stereocenters. The molecule has 1 aliphatic rings. The summed E-state index contributed by atoms with van der Waals surface area (Å²) in [7, 11) is 0. The average molecular weight is 113 g/mol. The summed E-state index contributed by atoms with van der Waals surface area (Å²) >= 11 is 0. The molecule has 0 N–H and O–H groups in total. The van der Waals surface area contributed by atoms with Gasteiger partial charge < -0.3 is 4.74 Å². The van der Waals surface area contributed by atoms with Gasteiger partial charge in [-0.3, -0.25) is 0 Å². The van der Waals surface area contributed by atoms with Crippen molar-refractivity contribution in [1.82, 2.24) is 0 Å². The molecule has 0 saturated heterocycles. The maximum atomic E-state index is 5.30. The lowest BCUT2D eigenvalue weighted by Crippen LogP contribution is -2.19. The van der Waals surface area contributed by atoms with Gasteiger partial charge in [0.1, 0.15) is 0 Å². The smallest absolute Gasteiger partial charge is 0.0837 e. The SMILES string of the molecule is CC[CH]OC1CCC1. The van der Waals surface area contributed by atoms with E-state index in [0.717, 1.165) is 6.42 Å². The summed E-state index contributed by atoms with van der Waals surface area (Å²) < 4.78 is 5.30. The molecular formula is C7H13O. The van der Waals surface area contributed by atoms with Gasteiger partial charge in [-0.1, -0.05) is 6.92 Å². The van der Waals surface area contributed by atoms with Crippen molar-refractivity contribution in [3.8, 4) is 0 Å². The van der Waals surface area contributed by atoms with Crippen molar-refractivity contribution >= 4 is 0 Å². The van der Waals surface area contributed by atoms with Crippen LogP contribution in [0.15, 0.2) is 0 Å². The van der Waals surface area contributed by atoms with Crippen molar-refractivity contribution in [2.75, 3.05) is 0 Å². The summed E-state index contributed by atoms with van der Waals surface area (Å²) in [4.78, 5) is 0. The third-order valence-corrected chi connectivity index (χ3v) is 1.51. The maximum Gasteiger partial charge on any atom is 0.0837 e. The van der Waals surface area contributed by atoms with Gasteiger partial charge in [0, 0.05) is 0 Å². The molecule has 1 fully saturated rings. The van der Waals surface area contributed by atoms with Gasteiger partial charge in [0.05, 0.1) is 12.7 Å². The summed E-state index contributed by atoms with van der Waals surface area (Å²) in [5.74, 6) is 0. The van der Waals surface area contributed by atoms with Crippen LogP contribution >= 0.6 is 0 Å². The Morgan fingerprint density at radius 1 is 1.62 bits per heavy atom. The second-order valence-electron chi connectivity index (χ2n) is 2.26. The van der Waals surface area contributed by atoms with Gasteiger partial charge in [0.2, 0.25) is 0 Å². The molecular weight excluding hydrogens is 100 g/mol. The summed E-state index contributed by atoms with van der Waals surface area (Å²) in [5.41, 5.74) is 0. The Kier molecular flexibility index (Phi) is 2.34. The molecule has 1 rings (SSSR count). The molecule has 0 unspecified atom stereocenters. The minimum absolute atomic E-state index is 0.579. The van der Waals surface area contributed by atoms with E-state index in [4.69, 9.17) is 4.74 Å². The van der Waals surface area contributed by atoms with Crippen molar-refractivity contribution < 1.29 is 4.74 Å². The van der Waals surface area contributed by atoms with Crippen LogP contribution in [-0.4, -0.2) is 6.10 Å². The van der Waals surface area contributed by atoms with E-state index >= 15 is 0 Å². The normalized spacial score (nSPS) is 20.6. The molecule has 1 heteroatoms. The highest BCUT2D eigenvalue weighted by atomic mass is 16.5. The standard InChI is InChI=1S/C7H13O/c1-2-6-8-7-4-3-5-7/h6-7H,2-5H2,1H3. The van der Waals surface area contributed by atoms with Crippen LogP contribution in [0, 0.1) is 6.61 Å². The molecule has 0 aromatic carbocycles. The van der Waals surface area contributed by atoms with Gasteiger partial charge in [-0.2, -0.15) is 0 Å². The fourth-order valence-corrected chi connectivity index (χ4v) is 0.739. The fraction of sp³-hybridized carbons (Fsp3) is 0.857. The molecule has 1 nitrogen and oxygen atoms in total. The molecule has 1 aliphatic carbocycles. The molecule has 0 aromatic rings. The molecule has 0 aliphatic heterocycles. The topological polar surface area (TPSA) is 9.23 Å². The Hall–Kier alpha value is -0.0400. The lowest BCUT2D eigenvalue weighted by atomic mass is 9.96.